The number of hydrogen-bond acceptors (Lipinski definition) is 6. The molecule has 0 unspecified atom stereocenters. The first-order valence-electron chi connectivity index (χ1n) is 9.54. The Morgan fingerprint density at radius 3 is 2.72 bits per heavy atom. The Balaban J connectivity index is 1.28. The maximum Gasteiger partial charge on any atom is 0.251 e. The van der Waals surface area contributed by atoms with Crippen LogP contribution in [-0.2, 0) is 11.3 Å². The van der Waals surface area contributed by atoms with Crippen molar-refractivity contribution >= 4 is 29.3 Å². The van der Waals surface area contributed by atoms with Crippen molar-refractivity contribution in [2.75, 3.05) is 43.2 Å². The van der Waals surface area contributed by atoms with E-state index in [-0.39, 0.29) is 25.2 Å². The number of benzene rings is 2. The van der Waals surface area contributed by atoms with Crippen LogP contribution in [-0.4, -0.2) is 54.6 Å². The van der Waals surface area contributed by atoms with Crippen LogP contribution < -0.4 is 20.1 Å². The average molecular weight is 413 g/mol. The van der Waals surface area contributed by atoms with Gasteiger partial charge in [0.05, 0.1) is 6.54 Å². The summed E-state index contributed by atoms with van der Waals surface area (Å²) in [6, 6.07) is 12.8. The minimum atomic E-state index is -0.338. The van der Waals surface area contributed by atoms with Crippen molar-refractivity contribution in [3.8, 4) is 11.5 Å². The highest BCUT2D eigenvalue weighted by atomic mass is 32.2. The molecule has 2 aliphatic heterocycles. The van der Waals surface area contributed by atoms with E-state index in [1.165, 1.54) is 17.1 Å². The van der Waals surface area contributed by atoms with Gasteiger partial charge in [0, 0.05) is 42.4 Å². The first kappa shape index (κ1) is 19.6. The minimum Gasteiger partial charge on any atom is -0.454 e. The lowest BCUT2D eigenvalue weighted by Gasteiger charge is -2.26. The molecule has 2 heterocycles. The number of carbonyl (C=O) groups is 2. The van der Waals surface area contributed by atoms with Crippen LogP contribution in [0.25, 0.3) is 0 Å². The molecule has 2 N–H and O–H groups in total. The number of anilines is 1. The predicted molar refractivity (Wildman–Crippen MR) is 113 cm³/mol. The van der Waals surface area contributed by atoms with E-state index in [9.17, 15) is 9.59 Å². The lowest BCUT2D eigenvalue weighted by atomic mass is 10.2. The molecule has 2 amide bonds. The fourth-order valence-corrected chi connectivity index (χ4v) is 4.25. The first-order chi connectivity index (χ1) is 14.2. The third-order valence-corrected chi connectivity index (χ3v) is 5.71. The number of nitrogens with zero attached hydrogens (tertiary/aromatic N) is 1. The summed E-state index contributed by atoms with van der Waals surface area (Å²) in [7, 11) is 0. The van der Waals surface area contributed by atoms with Crippen LogP contribution in [0.2, 0.25) is 0 Å². The lowest BCUT2D eigenvalue weighted by molar-refractivity contribution is -0.115. The third-order valence-electron chi connectivity index (χ3n) is 4.76. The molecule has 2 aromatic carbocycles. The number of thioether (sulfide) groups is 1. The van der Waals surface area contributed by atoms with Gasteiger partial charge >= 0.3 is 0 Å². The van der Waals surface area contributed by atoms with E-state index in [0.717, 1.165) is 25.3 Å². The molecule has 8 heteroatoms. The van der Waals surface area contributed by atoms with Crippen LogP contribution in [0.4, 0.5) is 5.69 Å². The van der Waals surface area contributed by atoms with Gasteiger partial charge < -0.3 is 20.1 Å². The summed E-state index contributed by atoms with van der Waals surface area (Å²) in [4.78, 5) is 27.0. The molecule has 152 valence electrons. The van der Waals surface area contributed by atoms with Gasteiger partial charge in [-0.2, -0.15) is 11.8 Å². The van der Waals surface area contributed by atoms with Crippen LogP contribution in [0, 0.1) is 0 Å². The number of amides is 2. The fourth-order valence-electron chi connectivity index (χ4n) is 3.27. The van der Waals surface area contributed by atoms with E-state index in [1.807, 2.05) is 30.0 Å². The van der Waals surface area contributed by atoms with E-state index in [2.05, 4.69) is 21.6 Å². The zero-order valence-corrected chi connectivity index (χ0v) is 16.8. The van der Waals surface area contributed by atoms with Gasteiger partial charge in [0.15, 0.2) is 11.5 Å². The van der Waals surface area contributed by atoms with Crippen molar-refractivity contribution in [1.82, 2.24) is 10.2 Å². The van der Waals surface area contributed by atoms with E-state index in [4.69, 9.17) is 9.47 Å². The van der Waals surface area contributed by atoms with E-state index in [1.54, 1.807) is 18.2 Å². The van der Waals surface area contributed by atoms with Gasteiger partial charge in [-0.25, -0.2) is 0 Å². The molecule has 0 radical (unpaired) electrons. The number of carbonyl (C=O) groups excluding carboxylic acids is 2. The normalized spacial score (nSPS) is 15.7. The molecule has 1 saturated heterocycles. The summed E-state index contributed by atoms with van der Waals surface area (Å²) < 4.78 is 10.5. The van der Waals surface area contributed by atoms with E-state index < -0.39 is 0 Å². The Morgan fingerprint density at radius 1 is 1.03 bits per heavy atom. The zero-order valence-electron chi connectivity index (χ0n) is 16.0. The molecule has 7 nitrogen and oxygen atoms in total. The smallest absolute Gasteiger partial charge is 0.251 e. The van der Waals surface area contributed by atoms with Crippen molar-refractivity contribution in [1.29, 1.82) is 0 Å². The molecule has 0 aromatic heterocycles. The van der Waals surface area contributed by atoms with Gasteiger partial charge in [-0.05, 0) is 35.9 Å². The number of rotatable bonds is 6. The Labute approximate surface area is 173 Å². The fraction of sp³-hybridized carbons (Fsp3) is 0.333. The molecule has 0 spiro atoms. The summed E-state index contributed by atoms with van der Waals surface area (Å²) in [5.74, 6) is 2.87. The second-order valence-corrected chi connectivity index (χ2v) is 8.11. The van der Waals surface area contributed by atoms with Crippen LogP contribution in [0.3, 0.4) is 0 Å². The highest BCUT2D eigenvalue weighted by Crippen LogP contribution is 2.32. The lowest BCUT2D eigenvalue weighted by Crippen LogP contribution is -2.33. The molecule has 4 rings (SSSR count). The number of fused-ring (bicyclic) bond motifs is 1. The quantitative estimate of drug-likeness (QED) is 0.757. The summed E-state index contributed by atoms with van der Waals surface area (Å²) in [5.41, 5.74) is 2.32. The highest BCUT2D eigenvalue weighted by molar-refractivity contribution is 7.99. The van der Waals surface area contributed by atoms with Crippen LogP contribution in [0.1, 0.15) is 15.9 Å². The second kappa shape index (κ2) is 9.19. The Hall–Kier alpha value is -2.71. The van der Waals surface area contributed by atoms with Gasteiger partial charge in [-0.1, -0.05) is 12.1 Å². The molecule has 1 fully saturated rings. The molecular weight excluding hydrogens is 390 g/mol. The monoisotopic (exact) mass is 413 g/mol. The second-order valence-electron chi connectivity index (χ2n) is 6.89. The Morgan fingerprint density at radius 2 is 1.86 bits per heavy atom. The number of nitrogens with one attached hydrogen (secondary N) is 2. The van der Waals surface area contributed by atoms with Gasteiger partial charge in [-0.3, -0.25) is 14.5 Å². The number of hydrogen-bond donors (Lipinski definition) is 2. The predicted octanol–water partition coefficient (Wildman–Crippen LogP) is 2.33. The van der Waals surface area contributed by atoms with Crippen molar-refractivity contribution in [3.05, 3.63) is 53.6 Å². The molecule has 2 aliphatic rings. The SMILES string of the molecule is O=C(CNC(=O)c1ccc2c(c1)OCO2)Nc1cccc(CN2CCSCC2)c1. The molecular formula is C21H23N3O4S. The van der Waals surface area contributed by atoms with Crippen LogP contribution in [0.5, 0.6) is 11.5 Å². The molecule has 0 saturated carbocycles. The maximum absolute atomic E-state index is 12.3. The van der Waals surface area contributed by atoms with Crippen molar-refractivity contribution in [3.63, 3.8) is 0 Å². The third kappa shape index (κ3) is 5.21. The van der Waals surface area contributed by atoms with Crippen LogP contribution >= 0.6 is 11.8 Å². The van der Waals surface area contributed by atoms with Gasteiger partial charge in [0.25, 0.3) is 5.91 Å². The Kier molecular flexibility index (Phi) is 6.21. The maximum atomic E-state index is 12.3. The van der Waals surface area contributed by atoms with Crippen molar-refractivity contribution < 1.29 is 19.1 Å². The van der Waals surface area contributed by atoms with Crippen LogP contribution in [0.15, 0.2) is 42.5 Å². The van der Waals surface area contributed by atoms with E-state index >= 15 is 0 Å². The summed E-state index contributed by atoms with van der Waals surface area (Å²) in [6.07, 6.45) is 0. The van der Waals surface area contributed by atoms with E-state index in [0.29, 0.717) is 17.1 Å². The van der Waals surface area contributed by atoms with Crippen molar-refractivity contribution in [2.45, 2.75) is 6.54 Å². The van der Waals surface area contributed by atoms with Gasteiger partial charge in [-0.15, -0.1) is 0 Å². The molecule has 0 atom stereocenters. The first-order valence-corrected chi connectivity index (χ1v) is 10.7. The molecule has 0 aliphatic carbocycles. The molecule has 29 heavy (non-hydrogen) atoms. The van der Waals surface area contributed by atoms with Crippen molar-refractivity contribution in [2.24, 2.45) is 0 Å². The summed E-state index contributed by atoms with van der Waals surface area (Å²) in [6.45, 7) is 3.10. The highest BCUT2D eigenvalue weighted by Gasteiger charge is 2.17. The summed E-state index contributed by atoms with van der Waals surface area (Å²) >= 11 is 1.99. The van der Waals surface area contributed by atoms with Gasteiger partial charge in [0.1, 0.15) is 0 Å². The largest absolute Gasteiger partial charge is 0.454 e. The average Bonchev–Trinajstić information content (AvgIpc) is 3.21. The number of ether oxygens (including phenoxy) is 2. The van der Waals surface area contributed by atoms with Gasteiger partial charge in [0.2, 0.25) is 12.7 Å². The molecule has 0 bridgehead atoms. The Bertz CT molecular complexity index is 899. The molecule has 2 aromatic rings. The topological polar surface area (TPSA) is 79.9 Å². The standard InChI is InChI=1S/C21H23N3O4S/c25-20(12-22-21(26)16-4-5-18-19(11-16)28-14-27-18)23-17-3-1-2-15(10-17)13-24-6-8-29-9-7-24/h1-5,10-11H,6-9,12-14H2,(H,22,26)(H,23,25). The summed E-state index contributed by atoms with van der Waals surface area (Å²) in [5, 5.41) is 5.48. The minimum absolute atomic E-state index is 0.110. The zero-order chi connectivity index (χ0) is 20.1.